The van der Waals surface area contributed by atoms with Crippen LogP contribution in [0, 0.1) is 0 Å². The maximum atomic E-state index is 12.7. The maximum absolute atomic E-state index is 12.7. The molecule has 4 heteroatoms. The first kappa shape index (κ1) is 13.6. The van der Waals surface area contributed by atoms with Crippen molar-refractivity contribution >= 4 is 22.4 Å². The largest absolute Gasteiger partial charge is 0.486 e. The van der Waals surface area contributed by atoms with Gasteiger partial charge in [-0.1, -0.05) is 42.5 Å². The molecule has 1 aliphatic heterocycles. The molecule has 0 aromatic heterocycles. The molecule has 0 atom stereocenters. The van der Waals surface area contributed by atoms with E-state index in [2.05, 4.69) is 5.32 Å². The smallest absolute Gasteiger partial charge is 0.256 e. The van der Waals surface area contributed by atoms with Crippen molar-refractivity contribution in [3.05, 3.63) is 66.2 Å². The molecule has 0 bridgehead atoms. The highest BCUT2D eigenvalue weighted by molar-refractivity contribution is 6.13. The van der Waals surface area contributed by atoms with E-state index in [9.17, 15) is 4.79 Å². The van der Waals surface area contributed by atoms with E-state index in [-0.39, 0.29) is 5.91 Å². The molecule has 3 aromatic carbocycles. The van der Waals surface area contributed by atoms with Crippen LogP contribution in [0.15, 0.2) is 60.7 Å². The van der Waals surface area contributed by atoms with Crippen LogP contribution in [0.25, 0.3) is 10.8 Å². The third-order valence-electron chi connectivity index (χ3n) is 3.85. The highest BCUT2D eigenvalue weighted by Gasteiger charge is 2.18. The average molecular weight is 305 g/mol. The van der Waals surface area contributed by atoms with Gasteiger partial charge >= 0.3 is 0 Å². The Morgan fingerprint density at radius 1 is 0.870 bits per heavy atom. The number of nitrogens with one attached hydrogen (secondary N) is 1. The summed E-state index contributed by atoms with van der Waals surface area (Å²) in [6.45, 7) is 1.00. The molecule has 23 heavy (non-hydrogen) atoms. The topological polar surface area (TPSA) is 47.6 Å². The molecule has 0 fully saturated rings. The number of carbonyl (C=O) groups excluding carboxylic acids is 1. The number of anilines is 1. The molecule has 0 radical (unpaired) electrons. The van der Waals surface area contributed by atoms with E-state index in [1.807, 2.05) is 60.7 Å². The lowest BCUT2D eigenvalue weighted by atomic mass is 10.0. The number of ether oxygens (including phenoxy) is 2. The summed E-state index contributed by atoms with van der Waals surface area (Å²) in [7, 11) is 0. The van der Waals surface area contributed by atoms with E-state index in [0.29, 0.717) is 36.0 Å². The summed E-state index contributed by atoms with van der Waals surface area (Å²) in [5.41, 5.74) is 1.26. The van der Waals surface area contributed by atoms with Crippen LogP contribution in [0.1, 0.15) is 10.4 Å². The Kier molecular flexibility index (Phi) is 3.35. The average Bonchev–Trinajstić information content (AvgIpc) is 2.61. The zero-order valence-corrected chi connectivity index (χ0v) is 12.4. The minimum Gasteiger partial charge on any atom is -0.486 e. The second kappa shape index (κ2) is 5.65. The highest BCUT2D eigenvalue weighted by atomic mass is 16.6. The molecule has 114 valence electrons. The Balaban J connectivity index is 1.71. The first-order valence-electron chi connectivity index (χ1n) is 7.51. The Morgan fingerprint density at radius 3 is 2.61 bits per heavy atom. The summed E-state index contributed by atoms with van der Waals surface area (Å²) >= 11 is 0. The van der Waals surface area contributed by atoms with Crippen LogP contribution in [0.3, 0.4) is 0 Å². The highest BCUT2D eigenvalue weighted by Crippen LogP contribution is 2.37. The number of benzene rings is 3. The normalized spacial score (nSPS) is 12.9. The van der Waals surface area contributed by atoms with Gasteiger partial charge in [0.2, 0.25) is 0 Å². The van der Waals surface area contributed by atoms with Crippen LogP contribution in [0.2, 0.25) is 0 Å². The molecule has 4 rings (SSSR count). The summed E-state index contributed by atoms with van der Waals surface area (Å²) in [5.74, 6) is 1.09. The second-order valence-electron chi connectivity index (χ2n) is 5.31. The van der Waals surface area contributed by atoms with Gasteiger partial charge in [0.25, 0.3) is 5.91 Å². The summed E-state index contributed by atoms with van der Waals surface area (Å²) in [6.07, 6.45) is 0. The van der Waals surface area contributed by atoms with Crippen LogP contribution >= 0.6 is 0 Å². The molecule has 1 heterocycles. The van der Waals surface area contributed by atoms with E-state index >= 15 is 0 Å². The van der Waals surface area contributed by atoms with Crippen LogP contribution in [0.4, 0.5) is 5.69 Å². The molecule has 0 unspecified atom stereocenters. The molecule has 0 saturated heterocycles. The predicted molar refractivity (Wildman–Crippen MR) is 89.3 cm³/mol. The van der Waals surface area contributed by atoms with E-state index < -0.39 is 0 Å². The zero-order valence-electron chi connectivity index (χ0n) is 12.4. The maximum Gasteiger partial charge on any atom is 0.256 e. The molecule has 0 aliphatic carbocycles. The van der Waals surface area contributed by atoms with Crippen molar-refractivity contribution in [3.8, 4) is 11.5 Å². The first-order chi connectivity index (χ1) is 11.3. The van der Waals surface area contributed by atoms with Crippen molar-refractivity contribution < 1.29 is 14.3 Å². The van der Waals surface area contributed by atoms with Crippen molar-refractivity contribution in [2.45, 2.75) is 0 Å². The van der Waals surface area contributed by atoms with Crippen LogP contribution in [0.5, 0.6) is 11.5 Å². The number of hydrogen-bond donors (Lipinski definition) is 1. The molecule has 0 spiro atoms. The minimum atomic E-state index is -0.163. The fraction of sp³-hybridized carbons (Fsp3) is 0.105. The number of para-hydroxylation sites is 1. The molecule has 3 aromatic rings. The molecule has 4 nitrogen and oxygen atoms in total. The lowest BCUT2D eigenvalue weighted by Gasteiger charge is -2.21. The van der Waals surface area contributed by atoms with E-state index in [1.54, 1.807) is 0 Å². The Bertz CT molecular complexity index is 883. The van der Waals surface area contributed by atoms with Gasteiger partial charge in [0.15, 0.2) is 11.5 Å². The van der Waals surface area contributed by atoms with Crippen LogP contribution in [-0.4, -0.2) is 19.1 Å². The quantitative estimate of drug-likeness (QED) is 0.782. The number of rotatable bonds is 2. The molecular formula is C19H15NO3. The number of amides is 1. The third-order valence-corrected chi connectivity index (χ3v) is 3.85. The lowest BCUT2D eigenvalue weighted by Crippen LogP contribution is -2.18. The Hall–Kier alpha value is -3.01. The molecule has 0 saturated carbocycles. The van der Waals surface area contributed by atoms with Gasteiger partial charge in [0.05, 0.1) is 5.69 Å². The van der Waals surface area contributed by atoms with Gasteiger partial charge in [-0.25, -0.2) is 0 Å². The van der Waals surface area contributed by atoms with Crippen molar-refractivity contribution in [3.63, 3.8) is 0 Å². The molecule has 1 aliphatic rings. The van der Waals surface area contributed by atoms with Crippen molar-refractivity contribution in [2.75, 3.05) is 18.5 Å². The fourth-order valence-corrected chi connectivity index (χ4v) is 2.79. The van der Waals surface area contributed by atoms with E-state index in [1.165, 1.54) is 0 Å². The van der Waals surface area contributed by atoms with Gasteiger partial charge in [-0.3, -0.25) is 4.79 Å². The summed E-state index contributed by atoms with van der Waals surface area (Å²) in [5, 5.41) is 4.90. The van der Waals surface area contributed by atoms with Gasteiger partial charge in [-0.15, -0.1) is 0 Å². The van der Waals surface area contributed by atoms with Crippen molar-refractivity contribution in [1.82, 2.24) is 0 Å². The van der Waals surface area contributed by atoms with Crippen molar-refractivity contribution in [1.29, 1.82) is 0 Å². The van der Waals surface area contributed by atoms with Gasteiger partial charge < -0.3 is 14.8 Å². The monoisotopic (exact) mass is 305 g/mol. The Labute approximate surface area is 133 Å². The fourth-order valence-electron chi connectivity index (χ4n) is 2.79. The number of carbonyl (C=O) groups is 1. The van der Waals surface area contributed by atoms with Gasteiger partial charge in [-0.05, 0) is 29.0 Å². The first-order valence-corrected chi connectivity index (χ1v) is 7.51. The molecule has 1 amide bonds. The van der Waals surface area contributed by atoms with Gasteiger partial charge in [0.1, 0.15) is 13.2 Å². The number of hydrogen-bond acceptors (Lipinski definition) is 3. The third kappa shape index (κ3) is 2.48. The predicted octanol–water partition coefficient (Wildman–Crippen LogP) is 3.86. The minimum absolute atomic E-state index is 0.163. The summed E-state index contributed by atoms with van der Waals surface area (Å²) in [6, 6.07) is 19.0. The summed E-state index contributed by atoms with van der Waals surface area (Å²) < 4.78 is 11.2. The number of fused-ring (bicyclic) bond motifs is 2. The van der Waals surface area contributed by atoms with E-state index in [0.717, 1.165) is 10.8 Å². The van der Waals surface area contributed by atoms with Crippen LogP contribution in [-0.2, 0) is 0 Å². The SMILES string of the molecule is O=C(Nc1cccc2c1OCCO2)c1cccc2ccccc12. The van der Waals surface area contributed by atoms with Gasteiger partial charge in [-0.2, -0.15) is 0 Å². The molecular weight excluding hydrogens is 290 g/mol. The molecule has 1 N–H and O–H groups in total. The van der Waals surface area contributed by atoms with Crippen LogP contribution < -0.4 is 14.8 Å². The zero-order chi connectivity index (χ0) is 15.6. The summed E-state index contributed by atoms with van der Waals surface area (Å²) in [4.78, 5) is 12.7. The van der Waals surface area contributed by atoms with Gasteiger partial charge in [0, 0.05) is 5.56 Å². The standard InChI is InChI=1S/C19H15NO3/c21-19(15-8-3-6-13-5-1-2-7-14(13)15)20-16-9-4-10-17-18(16)23-12-11-22-17/h1-10H,11-12H2,(H,20,21). The Morgan fingerprint density at radius 2 is 1.65 bits per heavy atom. The lowest BCUT2D eigenvalue weighted by molar-refractivity contribution is 0.102. The van der Waals surface area contributed by atoms with E-state index in [4.69, 9.17) is 9.47 Å². The van der Waals surface area contributed by atoms with Crippen molar-refractivity contribution in [2.24, 2.45) is 0 Å². The second-order valence-corrected chi connectivity index (χ2v) is 5.31.